The predicted molar refractivity (Wildman–Crippen MR) is 68.5 cm³/mol. The number of pyridine rings is 1. The third-order valence-corrected chi connectivity index (χ3v) is 3.07. The average Bonchev–Trinajstić information content (AvgIpc) is 2.88. The van der Waals surface area contributed by atoms with Gasteiger partial charge in [-0.2, -0.15) is 0 Å². The Balaban J connectivity index is 2.28. The normalized spacial score (nSPS) is 29.4. The minimum absolute atomic E-state index is 0.267. The zero-order valence-electron chi connectivity index (χ0n) is 15.4. The Kier molecular flexibility index (Phi) is 1.19. The number of likely N-dealkylation sites (N-methyl/N-ethyl adjacent to an activating group) is 1. The molecule has 0 saturated heterocycles. The predicted octanol–water partition coefficient (Wildman–Crippen LogP) is 1.31. The molecule has 0 saturated carbocycles. The Hall–Kier alpha value is -2.08. The number of H-pyrrole nitrogens is 1. The van der Waals surface area contributed by atoms with Crippen LogP contribution in [0.2, 0.25) is 0 Å². The van der Waals surface area contributed by atoms with Crippen LogP contribution < -0.4 is 10.2 Å². The van der Waals surface area contributed by atoms with E-state index in [1.54, 1.807) is 12.3 Å². The Morgan fingerprint density at radius 2 is 2.50 bits per heavy atom. The Labute approximate surface area is 112 Å². The van der Waals surface area contributed by atoms with Gasteiger partial charge in [-0.15, -0.1) is 0 Å². The van der Waals surface area contributed by atoms with Gasteiger partial charge in [0.25, 0.3) is 5.91 Å². The van der Waals surface area contributed by atoms with Crippen molar-refractivity contribution in [1.82, 2.24) is 9.97 Å². The second-order valence-electron chi connectivity index (χ2n) is 4.02. The van der Waals surface area contributed by atoms with Crippen LogP contribution in [-0.4, -0.2) is 35.7 Å². The molecule has 1 amide bonds. The molecule has 2 N–H and O–H groups in total. The molecule has 3 rings (SSSR count). The molecule has 1 aliphatic rings. The number of nitrogens with one attached hydrogen (secondary N) is 2. The Bertz CT molecular complexity index is 814. The lowest BCUT2D eigenvalue weighted by atomic mass is 10.1. The number of ether oxygens (including phenoxy) is 1. The third kappa shape index (κ3) is 1.20. The van der Waals surface area contributed by atoms with Gasteiger partial charge in [-0.05, 0) is 12.9 Å². The highest BCUT2D eigenvalue weighted by Crippen LogP contribution is 2.40. The number of fused-ring (bicyclic) bond motifs is 3. The summed E-state index contributed by atoms with van der Waals surface area (Å²) in [5.74, 6) is -1.09. The highest BCUT2D eigenvalue weighted by atomic mass is 16.5. The second kappa shape index (κ2) is 3.46. The van der Waals surface area contributed by atoms with E-state index in [0.29, 0.717) is 16.7 Å². The van der Waals surface area contributed by atoms with Crippen molar-refractivity contribution in [3.05, 3.63) is 18.5 Å². The van der Waals surface area contributed by atoms with Crippen LogP contribution in [0.15, 0.2) is 18.5 Å². The van der Waals surface area contributed by atoms with Crippen LogP contribution in [-0.2, 0) is 9.53 Å². The molecule has 6 heteroatoms. The van der Waals surface area contributed by atoms with Gasteiger partial charge >= 0.3 is 0 Å². The van der Waals surface area contributed by atoms with Crippen LogP contribution in [0.25, 0.3) is 11.0 Å². The first kappa shape index (κ1) is 6.19. The van der Waals surface area contributed by atoms with E-state index in [1.807, 2.05) is 0 Å². The van der Waals surface area contributed by atoms with Crippen LogP contribution in [0.3, 0.4) is 0 Å². The molecule has 0 aromatic carbocycles. The maximum atomic E-state index is 12.6. The fourth-order valence-electron chi connectivity index (χ4n) is 2.08. The summed E-state index contributed by atoms with van der Waals surface area (Å²) in [6.45, 7) is -3.07. The van der Waals surface area contributed by atoms with E-state index in [0.717, 1.165) is 4.90 Å². The first-order valence-corrected chi connectivity index (χ1v) is 5.19. The van der Waals surface area contributed by atoms with Gasteiger partial charge in [0.15, 0.2) is 0 Å². The largest absolute Gasteiger partial charge is 0.351 e. The Morgan fingerprint density at radius 3 is 3.28 bits per heavy atom. The van der Waals surface area contributed by atoms with Gasteiger partial charge < -0.3 is 19.9 Å². The lowest BCUT2D eigenvalue weighted by molar-refractivity contribution is -0.135. The molecule has 1 aliphatic heterocycles. The fraction of sp³-hybridized carbons (Fsp3) is 0.333. The smallest absolute Gasteiger partial charge is 0.277 e. The number of methoxy groups -OCH3 is 1. The number of hydrogen-bond donors (Lipinski definition) is 2. The molecule has 0 radical (unpaired) electrons. The van der Waals surface area contributed by atoms with E-state index in [9.17, 15) is 4.79 Å². The van der Waals surface area contributed by atoms with Gasteiger partial charge in [-0.1, -0.05) is 0 Å². The number of anilines is 2. The van der Waals surface area contributed by atoms with E-state index >= 15 is 0 Å². The van der Waals surface area contributed by atoms with Gasteiger partial charge in [0.2, 0.25) is 5.72 Å². The zero-order valence-corrected chi connectivity index (χ0v) is 9.44. The third-order valence-electron chi connectivity index (χ3n) is 3.07. The van der Waals surface area contributed by atoms with Crippen LogP contribution in [0.5, 0.6) is 0 Å². The zero-order chi connectivity index (χ0) is 17.9. The van der Waals surface area contributed by atoms with E-state index in [-0.39, 0.29) is 5.69 Å². The van der Waals surface area contributed by atoms with Crippen molar-refractivity contribution in [2.45, 2.75) is 12.6 Å². The molecule has 18 heavy (non-hydrogen) atoms. The average molecular weight is 252 g/mol. The summed E-state index contributed by atoms with van der Waals surface area (Å²) in [5.41, 5.74) is -1.66. The molecule has 2 aromatic rings. The number of carbonyl (C=O) groups excluding carboxylic acids is 1. The molecule has 6 nitrogen and oxygen atoms in total. The molecule has 0 aliphatic carbocycles. The summed E-state index contributed by atoms with van der Waals surface area (Å²) in [5, 5.41) is 2.93. The summed E-state index contributed by atoms with van der Waals surface area (Å²) in [6, 6.07) is 1.65. The number of aromatic amines is 1. The van der Waals surface area contributed by atoms with Crippen molar-refractivity contribution in [3.63, 3.8) is 0 Å². The van der Waals surface area contributed by atoms with Crippen LogP contribution in [0.4, 0.5) is 11.4 Å². The molecular formula is C12H14N4O2. The lowest BCUT2D eigenvalue weighted by Gasteiger charge is -2.42. The summed E-state index contributed by atoms with van der Waals surface area (Å²) in [6.07, 6.45) is 2.96. The minimum Gasteiger partial charge on any atom is -0.351 e. The maximum absolute atomic E-state index is 12.6. The van der Waals surface area contributed by atoms with Crippen LogP contribution >= 0.6 is 0 Å². The van der Waals surface area contributed by atoms with Crippen molar-refractivity contribution in [3.8, 4) is 0 Å². The van der Waals surface area contributed by atoms with E-state index in [2.05, 4.69) is 15.3 Å². The van der Waals surface area contributed by atoms with Crippen molar-refractivity contribution >= 4 is 28.3 Å². The Morgan fingerprint density at radius 1 is 1.61 bits per heavy atom. The monoisotopic (exact) mass is 252 g/mol. The van der Waals surface area contributed by atoms with Gasteiger partial charge in [-0.25, -0.2) is 4.98 Å². The number of nitrogens with zero attached hydrogens (tertiary/aromatic N) is 2. The molecule has 1 unspecified atom stereocenters. The summed E-state index contributed by atoms with van der Waals surface area (Å²) in [4.78, 5) is 20.6. The maximum Gasteiger partial charge on any atom is 0.277 e. The van der Waals surface area contributed by atoms with Crippen molar-refractivity contribution in [1.29, 1.82) is 0 Å². The second-order valence-corrected chi connectivity index (χ2v) is 4.02. The van der Waals surface area contributed by atoms with Crippen LogP contribution in [0, 0.1) is 0 Å². The van der Waals surface area contributed by atoms with Crippen LogP contribution in [0.1, 0.15) is 15.1 Å². The first-order valence-electron chi connectivity index (χ1n) is 8.19. The standard InChI is InChI=1S/C12H14N4O2/c1-12(18-3)11(17)15-8-6-14-10-7(4-5-13-10)9(8)16(12)2/h4-6H,1-3H3,(H,13,14)(H,15,17)/i1D3,3D3. The molecule has 94 valence electrons. The van der Waals surface area contributed by atoms with Gasteiger partial charge in [-0.3, -0.25) is 4.79 Å². The molecule has 0 bridgehead atoms. The van der Waals surface area contributed by atoms with Crippen molar-refractivity contribution in [2.75, 3.05) is 24.3 Å². The SMILES string of the molecule is [2H]C([2H])([2H])OC1(C([2H])([2H])[2H])C(=O)Nc2cnc3[nH]ccc3c2N1C. The summed E-state index contributed by atoms with van der Waals surface area (Å²) in [7, 11) is -1.79. The lowest BCUT2D eigenvalue weighted by Crippen LogP contribution is -2.57. The minimum atomic E-state index is -3.10. The highest BCUT2D eigenvalue weighted by Gasteiger charge is 2.43. The van der Waals surface area contributed by atoms with E-state index in [1.165, 1.54) is 13.2 Å². The number of amides is 1. The van der Waals surface area contributed by atoms with Crippen molar-refractivity contribution < 1.29 is 17.8 Å². The number of hydrogen-bond acceptors (Lipinski definition) is 4. The van der Waals surface area contributed by atoms with Gasteiger partial charge in [0.05, 0.1) is 21.7 Å². The number of aromatic nitrogens is 2. The molecule has 1 atom stereocenters. The van der Waals surface area contributed by atoms with E-state index in [4.69, 9.17) is 13.0 Å². The fourth-order valence-corrected chi connectivity index (χ4v) is 2.08. The summed E-state index contributed by atoms with van der Waals surface area (Å²) >= 11 is 0. The number of carbonyl (C=O) groups is 1. The topological polar surface area (TPSA) is 70.2 Å². The molecule has 3 heterocycles. The van der Waals surface area contributed by atoms with Gasteiger partial charge in [0.1, 0.15) is 5.65 Å². The highest BCUT2D eigenvalue weighted by molar-refractivity contribution is 6.10. The molecule has 2 aromatic heterocycles. The quantitative estimate of drug-likeness (QED) is 0.803. The van der Waals surface area contributed by atoms with Crippen molar-refractivity contribution in [2.24, 2.45) is 0 Å². The molecule has 0 spiro atoms. The number of rotatable bonds is 1. The summed E-state index contributed by atoms with van der Waals surface area (Å²) < 4.78 is 50.1. The molecule has 0 fully saturated rings. The molecular weight excluding hydrogens is 232 g/mol. The van der Waals surface area contributed by atoms with Gasteiger partial charge in [0, 0.05) is 29.8 Å². The first-order chi connectivity index (χ1) is 11.0. The van der Waals surface area contributed by atoms with E-state index < -0.39 is 25.5 Å².